The third kappa shape index (κ3) is 3.85. The topological polar surface area (TPSA) is 55.9 Å². The number of hydrogen-bond acceptors (Lipinski definition) is 3. The van der Waals surface area contributed by atoms with Gasteiger partial charge in [-0.1, -0.05) is 6.92 Å². The average Bonchev–Trinajstić information content (AvgIpc) is 2.71. The zero-order valence-corrected chi connectivity index (χ0v) is 10.5. The van der Waals surface area contributed by atoms with Gasteiger partial charge in [0, 0.05) is 18.3 Å². The van der Waals surface area contributed by atoms with Gasteiger partial charge in [0.1, 0.15) is 0 Å². The van der Waals surface area contributed by atoms with Crippen molar-refractivity contribution in [2.45, 2.75) is 38.3 Å². The van der Waals surface area contributed by atoms with Crippen molar-refractivity contribution in [1.29, 1.82) is 0 Å². The van der Waals surface area contributed by atoms with Crippen LogP contribution in [0.2, 0.25) is 0 Å². The Morgan fingerprint density at radius 2 is 1.80 bits per heavy atom. The molecule has 1 aromatic heterocycles. The number of rotatable bonds is 5. The summed E-state index contributed by atoms with van der Waals surface area (Å²) < 4.78 is 77.2. The summed E-state index contributed by atoms with van der Waals surface area (Å²) in [5, 5.41) is 3.71. The number of nitrogens with one attached hydrogen (secondary N) is 1. The molecule has 0 spiro atoms. The minimum atomic E-state index is -5.47. The molecule has 0 aliphatic carbocycles. The number of hydrogen-bond donors (Lipinski definition) is 2. The highest BCUT2D eigenvalue weighted by molar-refractivity contribution is 5.13. The fourth-order valence-electron chi connectivity index (χ4n) is 1.84. The summed E-state index contributed by atoms with van der Waals surface area (Å²) in [6.07, 6.45) is -8.22. The molecule has 0 fully saturated rings. The van der Waals surface area contributed by atoms with Crippen molar-refractivity contribution in [3.63, 3.8) is 0 Å². The van der Waals surface area contributed by atoms with Crippen LogP contribution in [0.15, 0.2) is 12.4 Å². The van der Waals surface area contributed by atoms with Crippen LogP contribution >= 0.6 is 0 Å². The highest BCUT2D eigenvalue weighted by Gasteiger charge is 2.60. The number of hydrazine groups is 1. The third-order valence-electron chi connectivity index (χ3n) is 2.68. The molecule has 20 heavy (non-hydrogen) atoms. The highest BCUT2D eigenvalue weighted by atomic mass is 19.4. The first kappa shape index (κ1) is 16.8. The van der Waals surface area contributed by atoms with Gasteiger partial charge in [-0.25, -0.2) is 0 Å². The Labute approximate surface area is 110 Å². The first-order valence-corrected chi connectivity index (χ1v) is 5.73. The summed E-state index contributed by atoms with van der Waals surface area (Å²) in [7, 11) is 0. The molecular formula is C10H14F6N4. The highest BCUT2D eigenvalue weighted by Crippen LogP contribution is 2.46. The quantitative estimate of drug-likeness (QED) is 0.499. The summed E-state index contributed by atoms with van der Waals surface area (Å²) in [6.45, 7) is 2.19. The second-order valence-electron chi connectivity index (χ2n) is 4.24. The maximum atomic E-state index is 12.7. The first-order valence-electron chi connectivity index (χ1n) is 5.73. The van der Waals surface area contributed by atoms with E-state index in [1.807, 2.05) is 0 Å². The van der Waals surface area contributed by atoms with Crippen LogP contribution < -0.4 is 11.3 Å². The smallest absolute Gasteiger partial charge is 0.272 e. The lowest BCUT2D eigenvalue weighted by molar-refractivity contribution is -0.292. The number of aryl methyl sites for hydroxylation is 1. The maximum Gasteiger partial charge on any atom is 0.402 e. The number of nitrogens with zero attached hydrogens (tertiary/aromatic N) is 2. The second kappa shape index (κ2) is 6.00. The van der Waals surface area contributed by atoms with Gasteiger partial charge in [0.25, 0.3) is 0 Å². The van der Waals surface area contributed by atoms with Crippen molar-refractivity contribution in [3.05, 3.63) is 18.0 Å². The van der Waals surface area contributed by atoms with E-state index in [0.29, 0.717) is 13.0 Å². The Balaban J connectivity index is 3.13. The molecule has 10 heteroatoms. The Kier molecular flexibility index (Phi) is 5.03. The van der Waals surface area contributed by atoms with Crippen molar-refractivity contribution >= 4 is 0 Å². The van der Waals surface area contributed by atoms with E-state index >= 15 is 0 Å². The van der Waals surface area contributed by atoms with Gasteiger partial charge in [0.15, 0.2) is 5.92 Å². The Bertz CT molecular complexity index is 410. The molecule has 1 unspecified atom stereocenters. The van der Waals surface area contributed by atoms with E-state index in [4.69, 9.17) is 5.84 Å². The zero-order chi connectivity index (χ0) is 15.6. The number of alkyl halides is 6. The van der Waals surface area contributed by atoms with Crippen molar-refractivity contribution in [3.8, 4) is 0 Å². The second-order valence-corrected chi connectivity index (χ2v) is 4.24. The number of aromatic nitrogens is 2. The van der Waals surface area contributed by atoms with Gasteiger partial charge in [0.2, 0.25) is 0 Å². The molecule has 0 bridgehead atoms. The maximum absolute atomic E-state index is 12.7. The minimum Gasteiger partial charge on any atom is -0.272 e. The molecule has 116 valence electrons. The van der Waals surface area contributed by atoms with Crippen LogP contribution in [-0.4, -0.2) is 22.1 Å². The molecule has 1 atom stereocenters. The molecule has 0 amide bonds. The summed E-state index contributed by atoms with van der Waals surface area (Å²) >= 11 is 0. The Hall–Kier alpha value is -1.29. The van der Waals surface area contributed by atoms with Crippen molar-refractivity contribution < 1.29 is 26.3 Å². The number of nitrogens with two attached hydrogens (primary N) is 1. The van der Waals surface area contributed by atoms with E-state index in [-0.39, 0.29) is 5.56 Å². The van der Waals surface area contributed by atoms with E-state index < -0.39 is 24.3 Å². The molecule has 0 radical (unpaired) electrons. The third-order valence-corrected chi connectivity index (χ3v) is 2.68. The summed E-state index contributed by atoms with van der Waals surface area (Å²) in [4.78, 5) is 0. The van der Waals surface area contributed by atoms with E-state index in [0.717, 1.165) is 12.4 Å². The van der Waals surface area contributed by atoms with Gasteiger partial charge in [-0.2, -0.15) is 31.4 Å². The van der Waals surface area contributed by atoms with Crippen LogP contribution in [0.3, 0.4) is 0 Å². The lowest BCUT2D eigenvalue weighted by atomic mass is 9.94. The molecule has 1 aromatic rings. The van der Waals surface area contributed by atoms with Crippen LogP contribution in [0.4, 0.5) is 26.3 Å². The van der Waals surface area contributed by atoms with Crippen molar-refractivity contribution in [2.24, 2.45) is 11.8 Å². The van der Waals surface area contributed by atoms with Gasteiger partial charge in [0.05, 0.1) is 12.2 Å². The molecule has 4 nitrogen and oxygen atoms in total. The van der Waals surface area contributed by atoms with Crippen LogP contribution in [0.1, 0.15) is 24.9 Å². The summed E-state index contributed by atoms with van der Waals surface area (Å²) in [5.74, 6) is 1.30. The van der Waals surface area contributed by atoms with E-state index in [1.54, 1.807) is 12.3 Å². The molecule has 1 rings (SSSR count). The molecule has 0 aliphatic rings. The predicted molar refractivity (Wildman–Crippen MR) is 58.2 cm³/mol. The van der Waals surface area contributed by atoms with E-state index in [1.165, 1.54) is 4.68 Å². The average molecular weight is 304 g/mol. The van der Waals surface area contributed by atoms with Gasteiger partial charge in [-0.05, 0) is 6.42 Å². The van der Waals surface area contributed by atoms with Crippen molar-refractivity contribution in [2.75, 3.05) is 0 Å². The van der Waals surface area contributed by atoms with Crippen LogP contribution in [0, 0.1) is 5.92 Å². The Morgan fingerprint density at radius 3 is 2.20 bits per heavy atom. The Morgan fingerprint density at radius 1 is 1.25 bits per heavy atom. The predicted octanol–water partition coefficient (Wildman–Crippen LogP) is 2.54. The standard InChI is InChI=1S/C10H14F6N4/c1-2-3-20-5-6(4-18-20)7(19-17)8(9(11,12)13)10(14,15)16/h4-5,7-8,19H,2-3,17H2,1H3. The molecular weight excluding hydrogens is 290 g/mol. The van der Waals surface area contributed by atoms with Crippen molar-refractivity contribution in [1.82, 2.24) is 15.2 Å². The lowest BCUT2D eigenvalue weighted by Crippen LogP contribution is -2.47. The SMILES string of the molecule is CCCn1cc(C(NN)C(C(F)(F)F)C(F)(F)F)cn1. The zero-order valence-electron chi connectivity index (χ0n) is 10.5. The molecule has 0 saturated heterocycles. The monoisotopic (exact) mass is 304 g/mol. The summed E-state index contributed by atoms with van der Waals surface area (Å²) in [5.41, 5.74) is 1.33. The first-order chi connectivity index (χ1) is 9.11. The van der Waals surface area contributed by atoms with E-state index in [9.17, 15) is 26.3 Å². The lowest BCUT2D eigenvalue weighted by Gasteiger charge is -2.29. The van der Waals surface area contributed by atoms with Crippen LogP contribution in [0.5, 0.6) is 0 Å². The molecule has 3 N–H and O–H groups in total. The van der Waals surface area contributed by atoms with Gasteiger partial charge < -0.3 is 0 Å². The molecule has 0 aliphatic heterocycles. The largest absolute Gasteiger partial charge is 0.402 e. The number of halogens is 6. The van der Waals surface area contributed by atoms with Crippen LogP contribution in [-0.2, 0) is 6.54 Å². The van der Waals surface area contributed by atoms with Gasteiger partial charge in [-0.3, -0.25) is 16.0 Å². The fourth-order valence-corrected chi connectivity index (χ4v) is 1.84. The fraction of sp³-hybridized carbons (Fsp3) is 0.700. The molecule has 0 aromatic carbocycles. The molecule has 0 saturated carbocycles. The normalized spacial score (nSPS) is 14.8. The summed E-state index contributed by atoms with van der Waals surface area (Å²) in [6, 6.07) is -2.14. The minimum absolute atomic E-state index is 0.263. The van der Waals surface area contributed by atoms with Gasteiger partial charge in [-0.15, -0.1) is 0 Å². The molecule has 1 heterocycles. The van der Waals surface area contributed by atoms with Gasteiger partial charge >= 0.3 is 12.4 Å². The van der Waals surface area contributed by atoms with E-state index in [2.05, 4.69) is 5.10 Å². The van der Waals surface area contributed by atoms with Crippen LogP contribution in [0.25, 0.3) is 0 Å².